The van der Waals surface area contributed by atoms with Gasteiger partial charge in [0, 0.05) is 22.8 Å². The number of benzene rings is 2. The zero-order chi connectivity index (χ0) is 20.0. The first kappa shape index (κ1) is 17.8. The average molecular weight is 400 g/mol. The van der Waals surface area contributed by atoms with Crippen LogP contribution in [0.25, 0.3) is 22.3 Å². The molecule has 2 atom stereocenters. The van der Waals surface area contributed by atoms with Gasteiger partial charge in [-0.3, -0.25) is 4.79 Å². The summed E-state index contributed by atoms with van der Waals surface area (Å²) >= 11 is 6.36. The van der Waals surface area contributed by atoms with Crippen LogP contribution in [0.15, 0.2) is 79.0 Å². The van der Waals surface area contributed by atoms with Crippen LogP contribution in [0, 0.1) is 6.92 Å². The normalized spacial score (nSPS) is 18.7. The van der Waals surface area contributed by atoms with Crippen LogP contribution in [0.1, 0.15) is 17.2 Å². The van der Waals surface area contributed by atoms with Crippen molar-refractivity contribution < 1.29 is 4.79 Å². The lowest BCUT2D eigenvalue weighted by Gasteiger charge is -2.44. The molecule has 29 heavy (non-hydrogen) atoms. The van der Waals surface area contributed by atoms with E-state index in [2.05, 4.69) is 9.97 Å². The van der Waals surface area contributed by atoms with Gasteiger partial charge in [0.15, 0.2) is 5.65 Å². The molecule has 5 heteroatoms. The Morgan fingerprint density at radius 2 is 1.69 bits per heavy atom. The Kier molecular flexibility index (Phi) is 4.29. The highest BCUT2D eigenvalue weighted by Gasteiger charge is 2.47. The summed E-state index contributed by atoms with van der Waals surface area (Å²) in [6, 6.07) is 23.8. The summed E-state index contributed by atoms with van der Waals surface area (Å²) in [6.07, 6.45) is 1.74. The number of β-lactam (4-membered cyclic amide) rings is 1. The SMILES string of the molecule is Cc1ccc(C2C(Cl)C(=O)N2c2ccc(-c3ccc4cccnc4n3)cc2)cc1. The number of rotatable bonds is 3. The van der Waals surface area contributed by atoms with E-state index in [1.807, 2.05) is 79.7 Å². The minimum atomic E-state index is -0.536. The topological polar surface area (TPSA) is 46.1 Å². The molecule has 0 radical (unpaired) electrons. The van der Waals surface area contributed by atoms with Gasteiger partial charge in [0.05, 0.1) is 11.7 Å². The molecule has 2 aromatic carbocycles. The largest absolute Gasteiger partial charge is 0.302 e. The van der Waals surface area contributed by atoms with Crippen molar-refractivity contribution in [2.75, 3.05) is 4.90 Å². The van der Waals surface area contributed by atoms with Gasteiger partial charge in [0.2, 0.25) is 5.91 Å². The van der Waals surface area contributed by atoms with Crippen LogP contribution in [-0.4, -0.2) is 21.3 Å². The Hall–Kier alpha value is -3.24. The number of pyridine rings is 2. The molecular weight excluding hydrogens is 382 g/mol. The zero-order valence-electron chi connectivity index (χ0n) is 15.8. The summed E-state index contributed by atoms with van der Waals surface area (Å²) in [4.78, 5) is 23.2. The van der Waals surface area contributed by atoms with E-state index in [-0.39, 0.29) is 11.9 Å². The first-order valence-electron chi connectivity index (χ1n) is 9.48. The molecule has 0 bridgehead atoms. The third-order valence-corrected chi connectivity index (χ3v) is 5.78. The van der Waals surface area contributed by atoms with Crippen molar-refractivity contribution >= 4 is 34.2 Å². The lowest BCUT2D eigenvalue weighted by atomic mass is 9.91. The molecule has 2 aromatic heterocycles. The van der Waals surface area contributed by atoms with Crippen molar-refractivity contribution in [1.82, 2.24) is 9.97 Å². The molecule has 4 aromatic rings. The number of nitrogens with zero attached hydrogens (tertiary/aromatic N) is 3. The predicted molar refractivity (Wildman–Crippen MR) is 116 cm³/mol. The molecule has 4 nitrogen and oxygen atoms in total. The van der Waals surface area contributed by atoms with E-state index >= 15 is 0 Å². The number of aryl methyl sites for hydroxylation is 1. The first-order valence-corrected chi connectivity index (χ1v) is 9.91. The van der Waals surface area contributed by atoms with Crippen molar-refractivity contribution in [3.05, 3.63) is 90.1 Å². The van der Waals surface area contributed by atoms with E-state index in [1.165, 1.54) is 5.56 Å². The second-order valence-electron chi connectivity index (χ2n) is 7.26. The zero-order valence-corrected chi connectivity index (χ0v) is 16.5. The molecule has 1 aliphatic heterocycles. The number of fused-ring (bicyclic) bond motifs is 1. The highest BCUT2D eigenvalue weighted by molar-refractivity contribution is 6.37. The van der Waals surface area contributed by atoms with Gasteiger partial charge in [-0.2, -0.15) is 0 Å². The second-order valence-corrected chi connectivity index (χ2v) is 7.73. The number of carbonyl (C=O) groups is 1. The van der Waals surface area contributed by atoms with Crippen molar-refractivity contribution in [3.8, 4) is 11.3 Å². The summed E-state index contributed by atoms with van der Waals surface area (Å²) < 4.78 is 0. The maximum Gasteiger partial charge on any atom is 0.248 e. The first-order chi connectivity index (χ1) is 14.1. The van der Waals surface area contributed by atoms with E-state index in [4.69, 9.17) is 11.6 Å². The molecule has 2 unspecified atom stereocenters. The number of alkyl halides is 1. The molecular formula is C24H18ClN3O. The van der Waals surface area contributed by atoms with Crippen molar-refractivity contribution in [3.63, 3.8) is 0 Å². The molecule has 3 heterocycles. The van der Waals surface area contributed by atoms with Gasteiger partial charge in [-0.15, -0.1) is 11.6 Å². The van der Waals surface area contributed by atoms with Gasteiger partial charge in [-0.1, -0.05) is 42.0 Å². The highest BCUT2D eigenvalue weighted by atomic mass is 35.5. The summed E-state index contributed by atoms with van der Waals surface area (Å²) in [6.45, 7) is 2.04. The number of hydrogen-bond acceptors (Lipinski definition) is 3. The van der Waals surface area contributed by atoms with Gasteiger partial charge in [-0.05, 0) is 48.9 Å². The fourth-order valence-corrected chi connectivity index (χ4v) is 4.09. The molecule has 1 amide bonds. The fraction of sp³-hybridized carbons (Fsp3) is 0.125. The Balaban J connectivity index is 1.45. The van der Waals surface area contributed by atoms with Crippen molar-refractivity contribution in [2.24, 2.45) is 0 Å². The molecule has 1 saturated heterocycles. The van der Waals surface area contributed by atoms with E-state index in [0.717, 1.165) is 33.5 Å². The van der Waals surface area contributed by atoms with Crippen molar-refractivity contribution in [2.45, 2.75) is 18.3 Å². The third kappa shape index (κ3) is 3.06. The minimum absolute atomic E-state index is 0.0713. The van der Waals surface area contributed by atoms with Gasteiger partial charge >= 0.3 is 0 Å². The van der Waals surface area contributed by atoms with Crippen LogP contribution < -0.4 is 4.90 Å². The Morgan fingerprint density at radius 1 is 0.931 bits per heavy atom. The van der Waals surface area contributed by atoms with Crippen LogP contribution in [0.3, 0.4) is 0 Å². The van der Waals surface area contributed by atoms with E-state index in [1.54, 1.807) is 11.1 Å². The standard InChI is InChI=1S/C24H18ClN3O/c1-15-4-6-17(7-5-15)22-21(25)24(29)28(22)19-11-8-16(9-12-19)20-13-10-18-3-2-14-26-23(18)27-20/h2-14,21-22H,1H3. The summed E-state index contributed by atoms with van der Waals surface area (Å²) in [5.41, 5.74) is 5.60. The summed E-state index contributed by atoms with van der Waals surface area (Å²) in [5.74, 6) is -0.0713. The smallest absolute Gasteiger partial charge is 0.248 e. The number of aromatic nitrogens is 2. The van der Waals surface area contributed by atoms with Crippen molar-refractivity contribution in [1.29, 1.82) is 0 Å². The predicted octanol–water partition coefficient (Wildman–Crippen LogP) is 5.30. The molecule has 5 rings (SSSR count). The maximum absolute atomic E-state index is 12.5. The minimum Gasteiger partial charge on any atom is -0.302 e. The van der Waals surface area contributed by atoms with E-state index in [9.17, 15) is 4.79 Å². The van der Waals surface area contributed by atoms with E-state index < -0.39 is 5.38 Å². The van der Waals surface area contributed by atoms with Crippen LogP contribution in [0.5, 0.6) is 0 Å². The monoisotopic (exact) mass is 399 g/mol. The second kappa shape index (κ2) is 6.98. The Labute approximate surface area is 173 Å². The fourth-order valence-electron chi connectivity index (χ4n) is 3.73. The van der Waals surface area contributed by atoms with Gasteiger partial charge < -0.3 is 4.90 Å². The van der Waals surface area contributed by atoms with Crippen LogP contribution >= 0.6 is 11.6 Å². The van der Waals surface area contributed by atoms with Crippen LogP contribution in [0.4, 0.5) is 5.69 Å². The summed E-state index contributed by atoms with van der Waals surface area (Å²) in [5, 5.41) is 0.471. The van der Waals surface area contributed by atoms with Gasteiger partial charge in [0.25, 0.3) is 0 Å². The average Bonchev–Trinajstić information content (AvgIpc) is 2.77. The Morgan fingerprint density at radius 3 is 2.45 bits per heavy atom. The van der Waals surface area contributed by atoms with Gasteiger partial charge in [0.1, 0.15) is 5.38 Å². The number of hydrogen-bond donors (Lipinski definition) is 0. The number of amides is 1. The van der Waals surface area contributed by atoms with Gasteiger partial charge in [-0.25, -0.2) is 9.97 Å². The Bertz CT molecular complexity index is 1200. The quantitative estimate of drug-likeness (QED) is 0.347. The summed E-state index contributed by atoms with van der Waals surface area (Å²) in [7, 11) is 0. The van der Waals surface area contributed by atoms with E-state index in [0.29, 0.717) is 0 Å². The molecule has 142 valence electrons. The maximum atomic E-state index is 12.5. The van der Waals surface area contributed by atoms with Crippen LogP contribution in [0.2, 0.25) is 0 Å². The lowest BCUT2D eigenvalue weighted by Crippen LogP contribution is -2.56. The molecule has 1 aliphatic rings. The molecule has 0 N–H and O–H groups in total. The number of anilines is 1. The number of carbonyl (C=O) groups excluding carboxylic acids is 1. The molecule has 0 aliphatic carbocycles. The van der Waals surface area contributed by atoms with Crippen LogP contribution in [-0.2, 0) is 4.79 Å². The molecule has 0 saturated carbocycles. The number of halogens is 1. The lowest BCUT2D eigenvalue weighted by molar-refractivity contribution is -0.123. The molecule has 1 fully saturated rings. The highest BCUT2D eigenvalue weighted by Crippen LogP contribution is 2.42. The molecule has 0 spiro atoms. The third-order valence-electron chi connectivity index (χ3n) is 5.35.